The van der Waals surface area contributed by atoms with E-state index in [1.54, 1.807) is 12.3 Å². The standard InChI is InChI=1S/C30H34N6O3S/c31-20-24-6-15-29(32-22-24)34-25-7-9-27(10-8-25)36(30(37)33-21-23-4-2-1-3-5-23)28-13-11-26(12-14-28)35-16-18-40(38,39)19-17-35/h1-6,11-15,22,25,27H,7-10,16-19,21H2,(H,32,34)(H,33,37). The minimum absolute atomic E-state index is 0.0359. The number of carbonyl (C=O) groups excluding carboxylic acids is 1. The van der Waals surface area contributed by atoms with E-state index in [2.05, 4.69) is 26.6 Å². The van der Waals surface area contributed by atoms with E-state index in [1.165, 1.54) is 0 Å². The first kappa shape index (κ1) is 27.5. The van der Waals surface area contributed by atoms with Crippen LogP contribution in [0.4, 0.5) is 22.0 Å². The predicted molar refractivity (Wildman–Crippen MR) is 157 cm³/mol. The number of benzene rings is 2. The molecule has 2 aliphatic rings. The number of aromatic nitrogens is 1. The van der Waals surface area contributed by atoms with Gasteiger partial charge in [0.25, 0.3) is 0 Å². The fourth-order valence-electron chi connectivity index (χ4n) is 5.38. The van der Waals surface area contributed by atoms with Crippen LogP contribution < -0.4 is 20.4 Å². The zero-order valence-electron chi connectivity index (χ0n) is 22.4. The Morgan fingerprint density at radius 2 is 1.68 bits per heavy atom. The summed E-state index contributed by atoms with van der Waals surface area (Å²) in [7, 11) is -2.95. The highest BCUT2D eigenvalue weighted by molar-refractivity contribution is 7.91. The first-order valence-electron chi connectivity index (χ1n) is 13.7. The van der Waals surface area contributed by atoms with Crippen molar-refractivity contribution in [2.45, 2.75) is 44.3 Å². The molecule has 10 heteroatoms. The second-order valence-corrected chi connectivity index (χ2v) is 12.7. The van der Waals surface area contributed by atoms with Crippen molar-refractivity contribution in [1.82, 2.24) is 10.3 Å². The van der Waals surface area contributed by atoms with Crippen LogP contribution >= 0.6 is 0 Å². The molecule has 0 unspecified atom stereocenters. The summed E-state index contributed by atoms with van der Waals surface area (Å²) >= 11 is 0. The van der Waals surface area contributed by atoms with E-state index in [9.17, 15) is 13.2 Å². The summed E-state index contributed by atoms with van der Waals surface area (Å²) in [5.41, 5.74) is 3.35. The van der Waals surface area contributed by atoms with Gasteiger partial charge in [-0.15, -0.1) is 0 Å². The number of nitrogens with one attached hydrogen (secondary N) is 2. The molecule has 5 rings (SSSR count). The molecule has 208 valence electrons. The monoisotopic (exact) mass is 558 g/mol. The lowest BCUT2D eigenvalue weighted by Gasteiger charge is -2.37. The maximum Gasteiger partial charge on any atom is 0.322 e. The van der Waals surface area contributed by atoms with E-state index in [-0.39, 0.29) is 29.6 Å². The number of sulfone groups is 1. The highest BCUT2D eigenvalue weighted by Gasteiger charge is 2.30. The molecule has 2 aromatic carbocycles. The summed E-state index contributed by atoms with van der Waals surface area (Å²) in [6.45, 7) is 1.40. The van der Waals surface area contributed by atoms with Crippen LogP contribution in [0.15, 0.2) is 72.9 Å². The Hall–Kier alpha value is -4.10. The van der Waals surface area contributed by atoms with E-state index < -0.39 is 9.84 Å². The second kappa shape index (κ2) is 12.4. The number of hydrogen-bond acceptors (Lipinski definition) is 7. The van der Waals surface area contributed by atoms with Gasteiger partial charge in [-0.3, -0.25) is 4.90 Å². The first-order valence-corrected chi connectivity index (χ1v) is 15.5. The number of rotatable bonds is 7. The van der Waals surface area contributed by atoms with Crippen LogP contribution in [0.3, 0.4) is 0 Å². The molecule has 9 nitrogen and oxygen atoms in total. The molecule has 0 spiro atoms. The molecule has 1 saturated carbocycles. The van der Waals surface area contributed by atoms with Crippen LogP contribution in [-0.2, 0) is 16.4 Å². The molecule has 3 aromatic rings. The molecule has 1 saturated heterocycles. The number of anilines is 3. The fraction of sp³-hybridized carbons (Fsp3) is 0.367. The number of hydrogen-bond donors (Lipinski definition) is 2. The van der Waals surface area contributed by atoms with Crippen molar-refractivity contribution >= 4 is 33.1 Å². The summed E-state index contributed by atoms with van der Waals surface area (Å²) < 4.78 is 23.7. The lowest BCUT2D eigenvalue weighted by atomic mass is 9.90. The lowest BCUT2D eigenvalue weighted by Crippen LogP contribution is -2.48. The summed E-state index contributed by atoms with van der Waals surface area (Å²) in [6, 6.07) is 23.6. The fourth-order valence-corrected chi connectivity index (χ4v) is 6.58. The minimum atomic E-state index is -2.95. The van der Waals surface area contributed by atoms with E-state index >= 15 is 0 Å². The molecular formula is C30H34N6O3S. The van der Waals surface area contributed by atoms with Crippen LogP contribution in [0.1, 0.15) is 36.8 Å². The average Bonchev–Trinajstić information content (AvgIpc) is 2.98. The highest BCUT2D eigenvalue weighted by Crippen LogP contribution is 2.31. The van der Waals surface area contributed by atoms with Crippen LogP contribution in [-0.4, -0.2) is 56.1 Å². The van der Waals surface area contributed by atoms with Crippen LogP contribution in [0.25, 0.3) is 0 Å². The molecule has 2 heterocycles. The number of urea groups is 1. The van der Waals surface area contributed by atoms with Crippen molar-refractivity contribution in [3.63, 3.8) is 0 Å². The van der Waals surface area contributed by atoms with Crippen molar-refractivity contribution in [3.05, 3.63) is 84.1 Å². The van der Waals surface area contributed by atoms with Gasteiger partial charge >= 0.3 is 6.03 Å². The molecule has 0 atom stereocenters. The lowest BCUT2D eigenvalue weighted by molar-refractivity contribution is 0.240. The third-order valence-electron chi connectivity index (χ3n) is 7.65. The van der Waals surface area contributed by atoms with Gasteiger partial charge in [0, 0.05) is 49.3 Å². The molecule has 1 aromatic heterocycles. The van der Waals surface area contributed by atoms with E-state index in [0.717, 1.165) is 48.4 Å². The summed E-state index contributed by atoms with van der Waals surface area (Å²) in [4.78, 5) is 21.9. The molecule has 1 aliphatic heterocycles. The third kappa shape index (κ3) is 6.90. The van der Waals surface area contributed by atoms with Gasteiger partial charge in [0.2, 0.25) is 0 Å². The minimum Gasteiger partial charge on any atom is -0.369 e. The average molecular weight is 559 g/mol. The maximum atomic E-state index is 13.6. The second-order valence-electron chi connectivity index (χ2n) is 10.4. The number of amides is 2. The zero-order valence-corrected chi connectivity index (χ0v) is 23.2. The molecule has 2 fully saturated rings. The Labute approximate surface area is 235 Å². The van der Waals surface area contributed by atoms with Gasteiger partial charge in [-0.1, -0.05) is 30.3 Å². The molecule has 1 aliphatic carbocycles. The summed E-state index contributed by atoms with van der Waals surface area (Å²) in [5.74, 6) is 1.08. The van der Waals surface area contributed by atoms with E-state index in [1.807, 2.05) is 65.6 Å². The highest BCUT2D eigenvalue weighted by atomic mass is 32.2. The van der Waals surface area contributed by atoms with Crippen molar-refractivity contribution in [3.8, 4) is 6.07 Å². The third-order valence-corrected chi connectivity index (χ3v) is 9.26. The predicted octanol–water partition coefficient (Wildman–Crippen LogP) is 4.33. The van der Waals surface area contributed by atoms with Crippen LogP contribution in [0, 0.1) is 11.3 Å². The van der Waals surface area contributed by atoms with Gasteiger partial charge in [0.05, 0.1) is 17.1 Å². The maximum absolute atomic E-state index is 13.6. The Kier molecular flexibility index (Phi) is 8.51. The van der Waals surface area contributed by atoms with Crippen molar-refractivity contribution in [2.75, 3.05) is 39.7 Å². The van der Waals surface area contributed by atoms with Gasteiger partial charge < -0.3 is 15.5 Å². The van der Waals surface area contributed by atoms with Crippen molar-refractivity contribution < 1.29 is 13.2 Å². The topological polar surface area (TPSA) is 118 Å². The number of carbonyl (C=O) groups is 1. The first-order chi connectivity index (χ1) is 19.4. The summed E-state index contributed by atoms with van der Waals surface area (Å²) in [6.07, 6.45) is 5.00. The van der Waals surface area contributed by atoms with Gasteiger partial charge in [-0.2, -0.15) is 5.26 Å². The quantitative estimate of drug-likeness (QED) is 0.443. The van der Waals surface area contributed by atoms with Gasteiger partial charge in [0.1, 0.15) is 11.9 Å². The Bertz CT molecular complexity index is 1420. The molecule has 2 N–H and O–H groups in total. The van der Waals surface area contributed by atoms with Gasteiger partial charge in [0.15, 0.2) is 9.84 Å². The SMILES string of the molecule is N#Cc1ccc(NC2CCC(N(C(=O)NCc3ccccc3)c3ccc(N4CCS(=O)(=O)CC4)cc3)CC2)nc1. The zero-order chi connectivity index (χ0) is 28.0. The van der Waals surface area contributed by atoms with Crippen LogP contribution in [0.2, 0.25) is 0 Å². The number of nitrogens with zero attached hydrogens (tertiary/aromatic N) is 4. The number of nitriles is 1. The van der Waals surface area contributed by atoms with Gasteiger partial charge in [-0.05, 0) is 67.6 Å². The van der Waals surface area contributed by atoms with Gasteiger partial charge in [-0.25, -0.2) is 18.2 Å². The molecule has 40 heavy (non-hydrogen) atoms. The number of pyridine rings is 1. The largest absolute Gasteiger partial charge is 0.369 e. The smallest absolute Gasteiger partial charge is 0.322 e. The molecular weight excluding hydrogens is 524 g/mol. The Morgan fingerprint density at radius 3 is 2.30 bits per heavy atom. The summed E-state index contributed by atoms with van der Waals surface area (Å²) in [5, 5.41) is 15.6. The molecule has 0 bridgehead atoms. The Morgan fingerprint density at radius 1 is 0.975 bits per heavy atom. The van der Waals surface area contributed by atoms with E-state index in [0.29, 0.717) is 25.2 Å². The molecule has 2 amide bonds. The van der Waals surface area contributed by atoms with Crippen molar-refractivity contribution in [2.24, 2.45) is 0 Å². The van der Waals surface area contributed by atoms with Crippen molar-refractivity contribution in [1.29, 1.82) is 5.26 Å². The van der Waals surface area contributed by atoms with Crippen LogP contribution in [0.5, 0.6) is 0 Å². The Balaban J connectivity index is 1.27. The molecule has 0 radical (unpaired) electrons. The normalized spacial score (nSPS) is 20.2. The van der Waals surface area contributed by atoms with E-state index in [4.69, 9.17) is 5.26 Å².